The van der Waals surface area contributed by atoms with E-state index < -0.39 is 5.82 Å². The predicted molar refractivity (Wildman–Crippen MR) is 57.0 cm³/mol. The number of nitrogens with two attached hydrogens (primary N) is 1. The summed E-state index contributed by atoms with van der Waals surface area (Å²) in [7, 11) is 2.94. The van der Waals surface area contributed by atoms with Crippen LogP contribution in [-0.2, 0) is 0 Å². The molecular weight excluding hydrogens is 197 g/mol. The molecule has 0 spiro atoms. The van der Waals surface area contributed by atoms with Crippen LogP contribution in [-0.4, -0.2) is 20.8 Å². The van der Waals surface area contributed by atoms with E-state index in [2.05, 4.69) is 0 Å². The zero-order valence-corrected chi connectivity index (χ0v) is 9.21. The van der Waals surface area contributed by atoms with Crippen molar-refractivity contribution in [3.8, 4) is 11.5 Å². The van der Waals surface area contributed by atoms with E-state index in [1.807, 2.05) is 6.92 Å². The van der Waals surface area contributed by atoms with Gasteiger partial charge in [0.2, 0.25) is 0 Å². The van der Waals surface area contributed by atoms with Gasteiger partial charge in [0.25, 0.3) is 0 Å². The summed E-state index contributed by atoms with van der Waals surface area (Å²) < 4.78 is 23.4. The van der Waals surface area contributed by atoms with Gasteiger partial charge < -0.3 is 15.2 Å². The van der Waals surface area contributed by atoms with E-state index in [-0.39, 0.29) is 11.7 Å². The van der Waals surface area contributed by atoms with E-state index in [1.54, 1.807) is 6.07 Å². The molecule has 0 radical (unpaired) electrons. The van der Waals surface area contributed by atoms with Crippen LogP contribution in [0.5, 0.6) is 11.5 Å². The van der Waals surface area contributed by atoms with Crippen molar-refractivity contribution in [2.24, 2.45) is 5.73 Å². The standard InChI is InChI=1S/C11H16FNO2/c1-7(6-13)8-4-11(15-3)9(12)5-10(8)14-2/h4-5,7H,6,13H2,1-3H3. The van der Waals surface area contributed by atoms with E-state index in [9.17, 15) is 4.39 Å². The van der Waals surface area contributed by atoms with Crippen LogP contribution in [0.25, 0.3) is 0 Å². The molecule has 0 amide bonds. The molecule has 1 rings (SSSR count). The van der Waals surface area contributed by atoms with E-state index in [0.29, 0.717) is 12.3 Å². The molecular formula is C11H16FNO2. The molecule has 0 aliphatic rings. The summed E-state index contributed by atoms with van der Waals surface area (Å²) in [5, 5.41) is 0. The van der Waals surface area contributed by atoms with Gasteiger partial charge in [-0.2, -0.15) is 0 Å². The van der Waals surface area contributed by atoms with Crippen molar-refractivity contribution in [2.75, 3.05) is 20.8 Å². The van der Waals surface area contributed by atoms with Crippen molar-refractivity contribution >= 4 is 0 Å². The average Bonchev–Trinajstić information content (AvgIpc) is 2.27. The quantitative estimate of drug-likeness (QED) is 0.830. The Morgan fingerprint density at radius 1 is 1.27 bits per heavy atom. The summed E-state index contributed by atoms with van der Waals surface area (Å²) in [5.41, 5.74) is 6.43. The summed E-state index contributed by atoms with van der Waals surface area (Å²) in [6, 6.07) is 2.95. The molecule has 0 aliphatic carbocycles. The van der Waals surface area contributed by atoms with Gasteiger partial charge in [-0.1, -0.05) is 6.92 Å². The molecule has 1 aromatic rings. The van der Waals surface area contributed by atoms with Gasteiger partial charge >= 0.3 is 0 Å². The van der Waals surface area contributed by atoms with Crippen LogP contribution in [0.2, 0.25) is 0 Å². The van der Waals surface area contributed by atoms with Crippen LogP contribution in [0.1, 0.15) is 18.4 Å². The molecule has 4 heteroatoms. The fourth-order valence-corrected chi connectivity index (χ4v) is 1.40. The summed E-state index contributed by atoms with van der Waals surface area (Å²) >= 11 is 0. The van der Waals surface area contributed by atoms with Crippen molar-refractivity contribution in [1.82, 2.24) is 0 Å². The molecule has 1 aromatic carbocycles. The number of ether oxygens (including phenoxy) is 2. The minimum absolute atomic E-state index is 0.106. The van der Waals surface area contributed by atoms with Gasteiger partial charge in [0.15, 0.2) is 11.6 Å². The molecule has 0 heterocycles. The van der Waals surface area contributed by atoms with Crippen LogP contribution < -0.4 is 15.2 Å². The fraction of sp³-hybridized carbons (Fsp3) is 0.455. The monoisotopic (exact) mass is 213 g/mol. The second-order valence-corrected chi connectivity index (χ2v) is 3.37. The van der Waals surface area contributed by atoms with Crippen molar-refractivity contribution in [1.29, 1.82) is 0 Å². The Morgan fingerprint density at radius 3 is 2.33 bits per heavy atom. The lowest BCUT2D eigenvalue weighted by molar-refractivity contribution is 0.373. The first-order chi connectivity index (χ1) is 7.13. The van der Waals surface area contributed by atoms with Crippen LogP contribution in [0.3, 0.4) is 0 Å². The number of hydrogen-bond acceptors (Lipinski definition) is 3. The van der Waals surface area contributed by atoms with Gasteiger partial charge in [-0.05, 0) is 18.5 Å². The second-order valence-electron chi connectivity index (χ2n) is 3.37. The Bertz CT molecular complexity index is 342. The maximum Gasteiger partial charge on any atom is 0.168 e. The Morgan fingerprint density at radius 2 is 1.87 bits per heavy atom. The molecule has 0 fully saturated rings. The first-order valence-electron chi connectivity index (χ1n) is 4.75. The summed E-state index contributed by atoms with van der Waals surface area (Å²) in [5.74, 6) is 0.397. The van der Waals surface area contributed by atoms with Crippen molar-refractivity contribution in [3.63, 3.8) is 0 Å². The minimum Gasteiger partial charge on any atom is -0.496 e. The van der Waals surface area contributed by atoms with E-state index >= 15 is 0 Å². The van der Waals surface area contributed by atoms with Gasteiger partial charge in [-0.3, -0.25) is 0 Å². The SMILES string of the molecule is COc1cc(C(C)CN)c(OC)cc1F. The van der Waals surface area contributed by atoms with Crippen LogP contribution in [0.4, 0.5) is 4.39 Å². The third-order valence-electron chi connectivity index (χ3n) is 2.39. The highest BCUT2D eigenvalue weighted by Crippen LogP contribution is 2.32. The lowest BCUT2D eigenvalue weighted by Gasteiger charge is -2.15. The van der Waals surface area contributed by atoms with E-state index in [4.69, 9.17) is 15.2 Å². The lowest BCUT2D eigenvalue weighted by atomic mass is 10.00. The predicted octanol–water partition coefficient (Wildman–Crippen LogP) is 1.91. The maximum atomic E-state index is 13.3. The number of rotatable bonds is 4. The van der Waals surface area contributed by atoms with Gasteiger partial charge in [0.05, 0.1) is 14.2 Å². The Hall–Kier alpha value is -1.29. The van der Waals surface area contributed by atoms with Gasteiger partial charge in [0.1, 0.15) is 5.75 Å². The summed E-state index contributed by atoms with van der Waals surface area (Å²) in [6.07, 6.45) is 0. The zero-order chi connectivity index (χ0) is 11.4. The van der Waals surface area contributed by atoms with Gasteiger partial charge in [-0.15, -0.1) is 0 Å². The highest BCUT2D eigenvalue weighted by molar-refractivity contribution is 5.43. The zero-order valence-electron chi connectivity index (χ0n) is 9.21. The summed E-state index contributed by atoms with van der Waals surface area (Å²) in [6.45, 7) is 2.43. The van der Waals surface area contributed by atoms with E-state index in [1.165, 1.54) is 20.3 Å². The molecule has 3 nitrogen and oxygen atoms in total. The molecule has 0 aliphatic heterocycles. The van der Waals surface area contributed by atoms with Gasteiger partial charge in [0, 0.05) is 11.6 Å². The lowest BCUT2D eigenvalue weighted by Crippen LogP contribution is -2.10. The van der Waals surface area contributed by atoms with Crippen molar-refractivity contribution in [3.05, 3.63) is 23.5 Å². The molecule has 2 N–H and O–H groups in total. The molecule has 0 saturated carbocycles. The molecule has 15 heavy (non-hydrogen) atoms. The topological polar surface area (TPSA) is 44.5 Å². The third-order valence-corrected chi connectivity index (χ3v) is 2.39. The van der Waals surface area contributed by atoms with Gasteiger partial charge in [-0.25, -0.2) is 4.39 Å². The fourth-order valence-electron chi connectivity index (χ4n) is 1.40. The first-order valence-corrected chi connectivity index (χ1v) is 4.75. The van der Waals surface area contributed by atoms with Crippen molar-refractivity contribution in [2.45, 2.75) is 12.8 Å². The van der Waals surface area contributed by atoms with Crippen LogP contribution in [0, 0.1) is 5.82 Å². The number of methoxy groups -OCH3 is 2. The largest absolute Gasteiger partial charge is 0.496 e. The molecule has 1 atom stereocenters. The third kappa shape index (κ3) is 2.39. The molecule has 84 valence electrons. The molecule has 1 unspecified atom stereocenters. The van der Waals surface area contributed by atoms with Crippen molar-refractivity contribution < 1.29 is 13.9 Å². The molecule has 0 aromatic heterocycles. The number of benzene rings is 1. The Balaban J connectivity index is 3.22. The minimum atomic E-state index is -0.428. The number of hydrogen-bond donors (Lipinski definition) is 1. The van der Waals surface area contributed by atoms with Crippen LogP contribution in [0.15, 0.2) is 12.1 Å². The van der Waals surface area contributed by atoms with E-state index in [0.717, 1.165) is 5.56 Å². The highest BCUT2D eigenvalue weighted by Gasteiger charge is 2.15. The van der Waals surface area contributed by atoms with Crippen LogP contribution >= 0.6 is 0 Å². The molecule has 0 saturated heterocycles. The summed E-state index contributed by atoms with van der Waals surface area (Å²) in [4.78, 5) is 0. The number of halogens is 1. The Kier molecular flexibility index (Phi) is 3.91. The smallest absolute Gasteiger partial charge is 0.168 e. The highest BCUT2D eigenvalue weighted by atomic mass is 19.1. The first kappa shape index (κ1) is 11.8. The molecule has 0 bridgehead atoms. The second kappa shape index (κ2) is 4.98. The Labute approximate surface area is 89.0 Å². The maximum absolute atomic E-state index is 13.3. The average molecular weight is 213 g/mol. The normalized spacial score (nSPS) is 12.3.